The molecule has 1 aromatic heterocycles. The van der Waals surface area contributed by atoms with Crippen LogP contribution in [0.15, 0.2) is 84.9 Å². The van der Waals surface area contributed by atoms with E-state index in [1.807, 2.05) is 72.8 Å². The normalized spacial score (nSPS) is 11.4. The molecular weight excluding hydrogens is 436 g/mol. The van der Waals surface area contributed by atoms with E-state index in [1.165, 1.54) is 0 Å². The second-order valence-electron chi connectivity index (χ2n) is 7.40. The van der Waals surface area contributed by atoms with Crippen molar-refractivity contribution < 1.29 is 14.6 Å². The van der Waals surface area contributed by atoms with Crippen molar-refractivity contribution in [1.29, 1.82) is 0 Å². The fourth-order valence-corrected chi connectivity index (χ4v) is 3.47. The maximum absolute atomic E-state index is 12.7. The van der Waals surface area contributed by atoms with Gasteiger partial charge in [-0.1, -0.05) is 60.1 Å². The molecule has 0 bridgehead atoms. The molecule has 0 fully saturated rings. The molecule has 4 aromatic rings. The highest BCUT2D eigenvalue weighted by Gasteiger charge is 2.12. The molecule has 0 saturated heterocycles. The lowest BCUT2D eigenvalue weighted by Crippen LogP contribution is -2.27. The van der Waals surface area contributed by atoms with Crippen molar-refractivity contribution >= 4 is 40.1 Å². The molecule has 2 N–H and O–H groups in total. The molecule has 5 nitrogen and oxygen atoms in total. The van der Waals surface area contributed by atoms with E-state index in [1.54, 1.807) is 18.2 Å². The van der Waals surface area contributed by atoms with Gasteiger partial charge in [0.1, 0.15) is 12.4 Å². The Labute approximate surface area is 197 Å². The van der Waals surface area contributed by atoms with Crippen LogP contribution in [0, 0.1) is 0 Å². The maximum Gasteiger partial charge on any atom is 0.251 e. The highest BCUT2D eigenvalue weighted by atomic mass is 35.5. The first-order valence-corrected chi connectivity index (χ1v) is 10.9. The Morgan fingerprint density at radius 3 is 2.48 bits per heavy atom. The summed E-state index contributed by atoms with van der Waals surface area (Å²) in [5.74, 6) is 0.406. The van der Waals surface area contributed by atoms with Crippen LogP contribution in [-0.4, -0.2) is 29.1 Å². The van der Waals surface area contributed by atoms with Crippen LogP contribution < -0.4 is 10.1 Å². The van der Waals surface area contributed by atoms with Gasteiger partial charge in [0.15, 0.2) is 0 Å². The van der Waals surface area contributed by atoms with Crippen LogP contribution in [0.5, 0.6) is 5.75 Å². The summed E-state index contributed by atoms with van der Waals surface area (Å²) in [5.41, 5.74) is 3.82. The minimum absolute atomic E-state index is 0.129. The van der Waals surface area contributed by atoms with Gasteiger partial charge in [-0.3, -0.25) is 4.79 Å². The van der Waals surface area contributed by atoms with Crippen LogP contribution in [0.25, 0.3) is 22.6 Å². The third kappa shape index (κ3) is 5.98. The Morgan fingerprint density at radius 1 is 0.970 bits per heavy atom. The molecule has 0 radical (unpaired) electrons. The molecule has 0 aliphatic rings. The maximum atomic E-state index is 12.7. The number of rotatable bonds is 8. The number of aliphatic hydroxyl groups is 1. The van der Waals surface area contributed by atoms with Crippen molar-refractivity contribution in [2.75, 3.05) is 13.2 Å². The third-order valence-electron chi connectivity index (χ3n) is 5.03. The lowest BCUT2D eigenvalue weighted by atomic mass is 10.0. The van der Waals surface area contributed by atoms with Crippen LogP contribution in [0.4, 0.5) is 0 Å². The predicted molar refractivity (Wildman–Crippen MR) is 132 cm³/mol. The van der Waals surface area contributed by atoms with Gasteiger partial charge in [-0.15, -0.1) is 0 Å². The number of carbonyl (C=O) groups excluding carboxylic acids is 1. The largest absolute Gasteiger partial charge is 0.487 e. The molecule has 0 saturated carbocycles. The van der Waals surface area contributed by atoms with Gasteiger partial charge in [-0.25, -0.2) is 4.98 Å². The molecule has 0 atom stereocenters. The van der Waals surface area contributed by atoms with E-state index < -0.39 is 0 Å². The quantitative estimate of drug-likeness (QED) is 0.284. The summed E-state index contributed by atoms with van der Waals surface area (Å²) in [5, 5.41) is 13.5. The lowest BCUT2D eigenvalue weighted by molar-refractivity contribution is -0.115. The minimum atomic E-state index is -0.270. The summed E-state index contributed by atoms with van der Waals surface area (Å²) in [6.45, 7) is 0.390. The standard InChI is InChI=1S/C27H23ClN2O3/c28-22-10-5-19(6-11-22)17-25(27(32)29-15-16-31)20-8-13-24(14-9-20)33-18-23-12-7-21-3-1-2-4-26(21)30-23/h1-14,17,31H,15-16,18H2,(H,29,32)/b25-17+. The molecule has 6 heteroatoms. The molecular formula is C27H23ClN2O3. The number of fused-ring (bicyclic) bond motifs is 1. The van der Waals surface area contributed by atoms with E-state index in [4.69, 9.17) is 21.4 Å². The fraction of sp³-hybridized carbons (Fsp3) is 0.111. The van der Waals surface area contributed by atoms with Crippen LogP contribution >= 0.6 is 11.6 Å². The van der Waals surface area contributed by atoms with Crippen LogP contribution in [0.1, 0.15) is 16.8 Å². The number of aromatic nitrogens is 1. The first-order valence-electron chi connectivity index (χ1n) is 10.6. The van der Waals surface area contributed by atoms with Gasteiger partial charge >= 0.3 is 0 Å². The second kappa shape index (κ2) is 10.8. The fourth-order valence-electron chi connectivity index (χ4n) is 3.35. The van der Waals surface area contributed by atoms with Crippen LogP contribution in [0.2, 0.25) is 5.02 Å². The van der Waals surface area contributed by atoms with Crippen LogP contribution in [0.3, 0.4) is 0 Å². The Morgan fingerprint density at radius 2 is 1.73 bits per heavy atom. The van der Waals surface area contributed by atoms with Gasteiger partial charge < -0.3 is 15.2 Å². The molecule has 1 heterocycles. The Hall–Kier alpha value is -3.67. The molecule has 4 rings (SSSR count). The lowest BCUT2D eigenvalue weighted by Gasteiger charge is -2.11. The second-order valence-corrected chi connectivity index (χ2v) is 7.83. The minimum Gasteiger partial charge on any atom is -0.487 e. The molecule has 0 aliphatic heterocycles. The topological polar surface area (TPSA) is 71.5 Å². The number of nitrogens with one attached hydrogen (secondary N) is 1. The van der Waals surface area contributed by atoms with Crippen molar-refractivity contribution in [3.63, 3.8) is 0 Å². The highest BCUT2D eigenvalue weighted by molar-refractivity contribution is 6.30. The number of amides is 1. The summed E-state index contributed by atoms with van der Waals surface area (Å²) in [7, 11) is 0. The van der Waals surface area contributed by atoms with Gasteiger partial charge in [0.05, 0.1) is 17.8 Å². The zero-order valence-electron chi connectivity index (χ0n) is 17.9. The highest BCUT2D eigenvalue weighted by Crippen LogP contribution is 2.23. The van der Waals surface area contributed by atoms with Crippen molar-refractivity contribution in [3.05, 3.63) is 107 Å². The smallest absolute Gasteiger partial charge is 0.251 e. The third-order valence-corrected chi connectivity index (χ3v) is 5.28. The molecule has 0 spiro atoms. The molecule has 1 amide bonds. The van der Waals surface area contributed by atoms with Crippen molar-refractivity contribution in [3.8, 4) is 5.75 Å². The van der Waals surface area contributed by atoms with Crippen molar-refractivity contribution in [1.82, 2.24) is 10.3 Å². The van der Waals surface area contributed by atoms with Gasteiger partial charge in [0.25, 0.3) is 5.91 Å². The number of para-hydroxylation sites is 1. The predicted octanol–water partition coefficient (Wildman–Crippen LogP) is 5.12. The van der Waals surface area contributed by atoms with E-state index in [2.05, 4.69) is 10.3 Å². The number of carbonyl (C=O) groups is 1. The number of benzene rings is 3. The SMILES string of the molecule is O=C(NCCO)/C(=C/c1ccc(Cl)cc1)c1ccc(OCc2ccc3ccccc3n2)cc1. The van der Waals surface area contributed by atoms with Crippen molar-refractivity contribution in [2.45, 2.75) is 6.61 Å². The first kappa shape index (κ1) is 22.5. The van der Waals surface area contributed by atoms with Gasteiger partial charge in [0.2, 0.25) is 0 Å². The molecule has 33 heavy (non-hydrogen) atoms. The van der Waals surface area contributed by atoms with E-state index >= 15 is 0 Å². The van der Waals surface area contributed by atoms with Crippen LogP contribution in [-0.2, 0) is 11.4 Å². The van der Waals surface area contributed by atoms with E-state index in [0.717, 1.165) is 27.7 Å². The number of hydrogen-bond donors (Lipinski definition) is 2. The van der Waals surface area contributed by atoms with E-state index in [-0.39, 0.29) is 19.1 Å². The molecule has 0 aliphatic carbocycles. The average molecular weight is 459 g/mol. The first-order chi connectivity index (χ1) is 16.1. The average Bonchev–Trinajstić information content (AvgIpc) is 2.86. The summed E-state index contributed by atoms with van der Waals surface area (Å²) in [6, 6.07) is 26.5. The number of pyridine rings is 1. The van der Waals surface area contributed by atoms with Gasteiger partial charge in [0, 0.05) is 22.5 Å². The zero-order chi connectivity index (χ0) is 23.0. The molecule has 3 aromatic carbocycles. The number of hydrogen-bond acceptors (Lipinski definition) is 4. The van der Waals surface area contributed by atoms with Gasteiger partial charge in [-0.05, 0) is 53.6 Å². The zero-order valence-corrected chi connectivity index (χ0v) is 18.6. The summed E-state index contributed by atoms with van der Waals surface area (Å²) >= 11 is 5.97. The number of nitrogens with zero attached hydrogens (tertiary/aromatic N) is 1. The number of aliphatic hydroxyl groups excluding tert-OH is 1. The summed E-state index contributed by atoms with van der Waals surface area (Å²) in [6.07, 6.45) is 1.79. The Kier molecular flexibility index (Phi) is 7.35. The molecule has 0 unspecified atom stereocenters. The monoisotopic (exact) mass is 458 g/mol. The van der Waals surface area contributed by atoms with E-state index in [9.17, 15) is 4.79 Å². The Bertz CT molecular complexity index is 1270. The molecule has 166 valence electrons. The number of halogens is 1. The summed E-state index contributed by atoms with van der Waals surface area (Å²) in [4.78, 5) is 17.3. The Balaban J connectivity index is 1.51. The van der Waals surface area contributed by atoms with E-state index in [0.29, 0.717) is 23.0 Å². The summed E-state index contributed by atoms with van der Waals surface area (Å²) < 4.78 is 5.90. The number of ether oxygens (including phenoxy) is 1. The van der Waals surface area contributed by atoms with Crippen molar-refractivity contribution in [2.24, 2.45) is 0 Å². The van der Waals surface area contributed by atoms with Gasteiger partial charge in [-0.2, -0.15) is 0 Å².